The predicted octanol–water partition coefficient (Wildman–Crippen LogP) is 1.45. The zero-order chi connectivity index (χ0) is 17.1. The number of hydrogen-bond donors (Lipinski definition) is 0. The van der Waals surface area contributed by atoms with Gasteiger partial charge in [0.05, 0.1) is 12.8 Å². The fraction of sp³-hybridized carbons (Fsp3) is 0.714. The van der Waals surface area contributed by atoms with Crippen LogP contribution in [0.1, 0.15) is 53.4 Å². The standard InChI is InChI=1S/C14H22O8/c1-5-11(15)19-9(3)21-13(17)7-8-14(18)22-10(4)20-12(16)6-2/h9-10H,5-8H2,1-4H3. The lowest BCUT2D eigenvalue weighted by Gasteiger charge is -2.14. The lowest BCUT2D eigenvalue weighted by molar-refractivity contribution is -0.189. The van der Waals surface area contributed by atoms with Crippen LogP contribution in [0.3, 0.4) is 0 Å². The Morgan fingerprint density at radius 2 is 0.909 bits per heavy atom. The van der Waals surface area contributed by atoms with Crippen molar-refractivity contribution in [1.29, 1.82) is 0 Å². The van der Waals surface area contributed by atoms with E-state index in [0.717, 1.165) is 0 Å². The van der Waals surface area contributed by atoms with Gasteiger partial charge in [-0.05, 0) is 0 Å². The van der Waals surface area contributed by atoms with Crippen LogP contribution in [-0.2, 0) is 38.1 Å². The molecule has 0 fully saturated rings. The van der Waals surface area contributed by atoms with E-state index in [2.05, 4.69) is 0 Å². The van der Waals surface area contributed by atoms with Crippen molar-refractivity contribution in [2.45, 2.75) is 66.0 Å². The quantitative estimate of drug-likeness (QED) is 0.464. The summed E-state index contributed by atoms with van der Waals surface area (Å²) in [6, 6.07) is 0. The number of rotatable bonds is 9. The summed E-state index contributed by atoms with van der Waals surface area (Å²) in [5, 5.41) is 0. The van der Waals surface area contributed by atoms with E-state index in [9.17, 15) is 19.2 Å². The van der Waals surface area contributed by atoms with Crippen LogP contribution in [0.5, 0.6) is 0 Å². The van der Waals surface area contributed by atoms with Crippen molar-refractivity contribution in [1.82, 2.24) is 0 Å². The Labute approximate surface area is 129 Å². The monoisotopic (exact) mass is 318 g/mol. The minimum absolute atomic E-state index is 0.169. The summed E-state index contributed by atoms with van der Waals surface area (Å²) in [6.45, 7) is 6.02. The molecule has 0 bridgehead atoms. The molecule has 0 radical (unpaired) electrons. The molecule has 0 aromatic carbocycles. The van der Waals surface area contributed by atoms with E-state index in [-0.39, 0.29) is 25.7 Å². The summed E-state index contributed by atoms with van der Waals surface area (Å²) in [5.41, 5.74) is 0. The molecule has 0 heterocycles. The Morgan fingerprint density at radius 3 is 1.18 bits per heavy atom. The lowest BCUT2D eigenvalue weighted by Crippen LogP contribution is -2.23. The maximum atomic E-state index is 11.4. The van der Waals surface area contributed by atoms with Gasteiger partial charge >= 0.3 is 23.9 Å². The molecule has 0 aromatic heterocycles. The molecule has 0 aliphatic rings. The number of esters is 4. The van der Waals surface area contributed by atoms with E-state index in [1.807, 2.05) is 0 Å². The van der Waals surface area contributed by atoms with Gasteiger partial charge in [-0.15, -0.1) is 0 Å². The third-order valence-electron chi connectivity index (χ3n) is 2.30. The minimum atomic E-state index is -1.01. The Bertz CT molecular complexity index is 366. The first-order valence-corrected chi connectivity index (χ1v) is 7.06. The number of carbonyl (C=O) groups is 4. The van der Waals surface area contributed by atoms with E-state index in [0.29, 0.717) is 0 Å². The summed E-state index contributed by atoms with van der Waals surface area (Å²) in [4.78, 5) is 44.8. The number of ether oxygens (including phenoxy) is 4. The van der Waals surface area contributed by atoms with Crippen LogP contribution in [0.15, 0.2) is 0 Å². The fourth-order valence-electron chi connectivity index (χ4n) is 1.28. The maximum Gasteiger partial charge on any atom is 0.309 e. The molecule has 8 heteroatoms. The second kappa shape index (κ2) is 10.6. The van der Waals surface area contributed by atoms with E-state index in [4.69, 9.17) is 18.9 Å². The van der Waals surface area contributed by atoms with E-state index in [1.54, 1.807) is 13.8 Å². The van der Waals surface area contributed by atoms with E-state index in [1.165, 1.54) is 13.8 Å². The van der Waals surface area contributed by atoms with E-state index < -0.39 is 36.5 Å². The van der Waals surface area contributed by atoms with Crippen LogP contribution in [0.2, 0.25) is 0 Å². The molecule has 2 unspecified atom stereocenters. The first-order valence-electron chi connectivity index (χ1n) is 7.06. The molecular weight excluding hydrogens is 296 g/mol. The van der Waals surface area contributed by atoms with Crippen molar-refractivity contribution < 1.29 is 38.1 Å². The average Bonchev–Trinajstić information content (AvgIpc) is 2.44. The summed E-state index contributed by atoms with van der Waals surface area (Å²) in [6.07, 6.45) is -2.16. The predicted molar refractivity (Wildman–Crippen MR) is 73.1 cm³/mol. The normalized spacial score (nSPS) is 12.7. The van der Waals surface area contributed by atoms with Gasteiger partial charge in [-0.1, -0.05) is 13.8 Å². The van der Waals surface area contributed by atoms with Crippen molar-refractivity contribution in [3.63, 3.8) is 0 Å². The molecule has 0 aliphatic heterocycles. The van der Waals surface area contributed by atoms with Gasteiger partial charge < -0.3 is 18.9 Å². The Morgan fingerprint density at radius 1 is 0.636 bits per heavy atom. The van der Waals surface area contributed by atoms with Crippen molar-refractivity contribution in [2.24, 2.45) is 0 Å². The second-order valence-electron chi connectivity index (χ2n) is 4.30. The first-order chi connectivity index (χ1) is 10.3. The third-order valence-corrected chi connectivity index (χ3v) is 2.30. The van der Waals surface area contributed by atoms with Gasteiger partial charge in [0.25, 0.3) is 0 Å². The van der Waals surface area contributed by atoms with Crippen LogP contribution < -0.4 is 0 Å². The number of hydrogen-bond acceptors (Lipinski definition) is 8. The summed E-state index contributed by atoms with van der Waals surface area (Å²) >= 11 is 0. The van der Waals surface area contributed by atoms with E-state index >= 15 is 0 Å². The van der Waals surface area contributed by atoms with Crippen LogP contribution in [0, 0.1) is 0 Å². The highest BCUT2D eigenvalue weighted by molar-refractivity contribution is 5.78. The topological polar surface area (TPSA) is 105 Å². The smallest absolute Gasteiger partial charge is 0.309 e. The molecule has 0 aliphatic carbocycles. The fourth-order valence-corrected chi connectivity index (χ4v) is 1.28. The van der Waals surface area contributed by atoms with Crippen LogP contribution in [-0.4, -0.2) is 36.5 Å². The van der Waals surface area contributed by atoms with Gasteiger partial charge in [-0.3, -0.25) is 19.2 Å². The minimum Gasteiger partial charge on any atom is -0.425 e. The summed E-state index contributed by atoms with van der Waals surface area (Å²) in [7, 11) is 0. The van der Waals surface area contributed by atoms with Gasteiger partial charge in [-0.25, -0.2) is 0 Å². The van der Waals surface area contributed by atoms with Gasteiger partial charge in [0.1, 0.15) is 0 Å². The summed E-state index contributed by atoms with van der Waals surface area (Å²) < 4.78 is 19.1. The average molecular weight is 318 g/mol. The third kappa shape index (κ3) is 9.73. The molecule has 0 saturated heterocycles. The molecule has 0 amide bonds. The molecule has 0 N–H and O–H groups in total. The lowest BCUT2D eigenvalue weighted by atomic mass is 10.3. The van der Waals surface area contributed by atoms with Gasteiger partial charge in [0.15, 0.2) is 0 Å². The van der Waals surface area contributed by atoms with Crippen LogP contribution >= 0.6 is 0 Å². The Balaban J connectivity index is 3.96. The highest BCUT2D eigenvalue weighted by Crippen LogP contribution is 2.04. The van der Waals surface area contributed by atoms with Gasteiger partial charge in [0, 0.05) is 26.7 Å². The Kier molecular flexibility index (Phi) is 9.56. The molecule has 0 aromatic rings. The molecular formula is C14H22O8. The van der Waals surface area contributed by atoms with Crippen LogP contribution in [0.4, 0.5) is 0 Å². The van der Waals surface area contributed by atoms with Crippen molar-refractivity contribution >= 4 is 23.9 Å². The molecule has 22 heavy (non-hydrogen) atoms. The van der Waals surface area contributed by atoms with Crippen LogP contribution in [0.25, 0.3) is 0 Å². The number of carbonyl (C=O) groups excluding carboxylic acids is 4. The summed E-state index contributed by atoms with van der Waals surface area (Å²) in [5.74, 6) is -2.39. The zero-order valence-electron chi connectivity index (χ0n) is 13.2. The van der Waals surface area contributed by atoms with Crippen molar-refractivity contribution in [2.75, 3.05) is 0 Å². The molecule has 2 atom stereocenters. The molecule has 8 nitrogen and oxygen atoms in total. The highest BCUT2D eigenvalue weighted by atomic mass is 16.7. The second-order valence-corrected chi connectivity index (χ2v) is 4.30. The Hall–Kier alpha value is -2.12. The molecule has 0 spiro atoms. The first kappa shape index (κ1) is 19.9. The van der Waals surface area contributed by atoms with Crippen molar-refractivity contribution in [3.05, 3.63) is 0 Å². The zero-order valence-corrected chi connectivity index (χ0v) is 13.2. The SMILES string of the molecule is CCC(=O)OC(C)OC(=O)CCC(=O)OC(C)OC(=O)CC. The molecule has 0 saturated carbocycles. The van der Waals surface area contributed by atoms with Gasteiger partial charge in [0.2, 0.25) is 12.6 Å². The highest BCUT2D eigenvalue weighted by Gasteiger charge is 2.17. The molecule has 0 rings (SSSR count). The molecule has 126 valence electrons. The van der Waals surface area contributed by atoms with Crippen molar-refractivity contribution in [3.8, 4) is 0 Å². The van der Waals surface area contributed by atoms with Gasteiger partial charge in [-0.2, -0.15) is 0 Å². The maximum absolute atomic E-state index is 11.4. The largest absolute Gasteiger partial charge is 0.425 e.